The summed E-state index contributed by atoms with van der Waals surface area (Å²) in [5, 5.41) is 0. The van der Waals surface area contributed by atoms with Crippen molar-refractivity contribution in [1.82, 2.24) is 1.74 Å². The SMILES string of the molecule is CC[I-]I1C[I-]N1. The maximum atomic E-state index is 3.66. The molecule has 1 aliphatic rings. The Bertz CT molecular complexity index is 54.1. The van der Waals surface area contributed by atoms with Gasteiger partial charge in [0.15, 0.2) is 0 Å². The molecule has 1 N–H and O–H groups in total. The third-order valence-electron chi connectivity index (χ3n) is 0.490. The van der Waals surface area contributed by atoms with Gasteiger partial charge >= 0.3 is 70.4 Å². The summed E-state index contributed by atoms with van der Waals surface area (Å²) < 4.78 is 6.92. The van der Waals surface area contributed by atoms with Crippen LogP contribution in [0.25, 0.3) is 0 Å². The molecule has 0 unspecified atom stereocenters. The predicted molar refractivity (Wildman–Crippen MR) is 32.6 cm³/mol. The number of hydrogen-bond donors (Lipinski definition) is 1. The predicted octanol–water partition coefficient (Wildman–Crippen LogP) is -5.00. The standard InChI is InChI=1S/C3H8I3N/c1-2-4-6-3-5-7-6/h7H,2-3H2,1H3/q-2. The van der Waals surface area contributed by atoms with Crippen LogP contribution in [0.1, 0.15) is 6.92 Å². The van der Waals surface area contributed by atoms with E-state index in [-0.39, 0.29) is 16.1 Å². The van der Waals surface area contributed by atoms with Gasteiger partial charge in [0.05, 0.1) is 0 Å². The van der Waals surface area contributed by atoms with Gasteiger partial charge in [-0.2, -0.15) is 0 Å². The second-order valence-electron chi connectivity index (χ2n) is 0.980. The molecule has 1 nitrogen and oxygen atoms in total. The Morgan fingerprint density at radius 3 is 2.86 bits per heavy atom. The summed E-state index contributed by atoms with van der Waals surface area (Å²) in [6.45, 7) is 2.34. The first-order valence-corrected chi connectivity index (χ1v) is 15.0. The third kappa shape index (κ3) is 2.48. The average molecular weight is 439 g/mol. The minimum absolute atomic E-state index is 0.237. The maximum absolute atomic E-state index is 3.66. The van der Waals surface area contributed by atoms with Crippen LogP contribution in [0.2, 0.25) is 0 Å². The second kappa shape index (κ2) is 4.04. The Hall–Kier alpha value is 2.15. The van der Waals surface area contributed by atoms with E-state index in [1.54, 1.807) is 2.43 Å². The van der Waals surface area contributed by atoms with Crippen LogP contribution >= 0.6 is 16.1 Å². The first-order valence-electron chi connectivity index (χ1n) is 2.03. The van der Waals surface area contributed by atoms with Gasteiger partial charge in [0.1, 0.15) is 0 Å². The molecule has 7 heavy (non-hydrogen) atoms. The van der Waals surface area contributed by atoms with Crippen LogP contribution in [0, 0.1) is 0 Å². The van der Waals surface area contributed by atoms with Gasteiger partial charge in [-0.15, -0.1) is 0 Å². The van der Waals surface area contributed by atoms with E-state index < -0.39 is 0 Å². The summed E-state index contributed by atoms with van der Waals surface area (Å²) in [6.07, 6.45) is 0. The van der Waals surface area contributed by atoms with Crippen molar-refractivity contribution >= 4 is 16.1 Å². The Labute approximate surface area is 69.0 Å². The zero-order valence-corrected chi connectivity index (χ0v) is 10.5. The van der Waals surface area contributed by atoms with Crippen molar-refractivity contribution in [2.75, 3.05) is 6.86 Å². The summed E-state index contributed by atoms with van der Waals surface area (Å²) in [5.41, 5.74) is 0. The molecular formula is C3H8I3N-2. The van der Waals surface area contributed by atoms with Gasteiger partial charge in [0, 0.05) is 0 Å². The van der Waals surface area contributed by atoms with Crippen LogP contribution < -0.4 is 40.5 Å². The Morgan fingerprint density at radius 2 is 2.71 bits per heavy atom. The molecule has 48 valence electrons. The number of rotatable bonds is 2. The van der Waals surface area contributed by atoms with Gasteiger partial charge in [-0.1, -0.05) is 0 Å². The molecule has 0 aromatic heterocycles. The third-order valence-corrected chi connectivity index (χ3v) is 38.8. The first kappa shape index (κ1) is 7.26. The number of halogens is 3. The minimum atomic E-state index is -0.237. The van der Waals surface area contributed by atoms with E-state index >= 15 is 0 Å². The monoisotopic (exact) mass is 439 g/mol. The van der Waals surface area contributed by atoms with Gasteiger partial charge in [-0.3, -0.25) is 0 Å². The molecule has 0 aromatic rings. The van der Waals surface area contributed by atoms with Crippen molar-refractivity contribution in [1.29, 1.82) is 0 Å². The fourth-order valence-electron chi connectivity index (χ4n) is 0.257. The molecular weight excluding hydrogens is 431 g/mol. The average Bonchev–Trinajstić information content (AvgIpc) is 1.55. The van der Waals surface area contributed by atoms with Crippen LogP contribution in [-0.2, 0) is 0 Å². The van der Waals surface area contributed by atoms with E-state index in [1.165, 1.54) is 4.43 Å². The van der Waals surface area contributed by atoms with Crippen LogP contribution in [0.4, 0.5) is 0 Å². The fourth-order valence-corrected chi connectivity index (χ4v) is 33.2. The van der Waals surface area contributed by atoms with Crippen molar-refractivity contribution in [3.05, 3.63) is 0 Å². The molecule has 0 aliphatic carbocycles. The van der Waals surface area contributed by atoms with E-state index in [2.05, 4.69) is 8.67 Å². The van der Waals surface area contributed by atoms with E-state index in [4.69, 9.17) is 0 Å². The van der Waals surface area contributed by atoms with E-state index in [9.17, 15) is 0 Å². The molecule has 1 rings (SSSR count). The quantitative estimate of drug-likeness (QED) is 0.259. The molecule has 0 atom stereocenters. The second-order valence-corrected chi connectivity index (χ2v) is 23.7. The van der Waals surface area contributed by atoms with Gasteiger partial charge in [-0.25, -0.2) is 0 Å². The molecule has 0 saturated carbocycles. The zero-order chi connectivity index (χ0) is 5.11. The number of alkyl halides is 3. The normalized spacial score (nSPS) is 26.1. The summed E-state index contributed by atoms with van der Waals surface area (Å²) in [4.78, 5) is 0. The van der Waals surface area contributed by atoms with Crippen molar-refractivity contribution in [2.24, 2.45) is 0 Å². The summed E-state index contributed by atoms with van der Waals surface area (Å²) >= 11 is 1.07. The van der Waals surface area contributed by atoms with Crippen LogP contribution in [0.5, 0.6) is 0 Å². The molecule has 0 spiro atoms. The van der Waals surface area contributed by atoms with Gasteiger partial charge in [0.2, 0.25) is 0 Å². The van der Waals surface area contributed by atoms with E-state index in [0.717, 1.165) is 17.2 Å². The van der Waals surface area contributed by atoms with Crippen LogP contribution in [-0.4, -0.2) is 6.86 Å². The Balaban J connectivity index is 1.93. The number of nitrogens with one attached hydrogen (secondary N) is 1. The molecule has 1 aliphatic heterocycles. The van der Waals surface area contributed by atoms with Gasteiger partial charge in [-0.05, 0) is 0 Å². The van der Waals surface area contributed by atoms with Crippen molar-refractivity contribution in [3.63, 3.8) is 0 Å². The van der Waals surface area contributed by atoms with Crippen LogP contribution in [0.15, 0.2) is 0 Å². The summed E-state index contributed by atoms with van der Waals surface area (Å²) in [6, 6.07) is 0. The van der Waals surface area contributed by atoms with Crippen LogP contribution in [0.3, 0.4) is 0 Å². The van der Waals surface area contributed by atoms with Crippen molar-refractivity contribution < 1.29 is 38.7 Å². The van der Waals surface area contributed by atoms with Gasteiger partial charge < -0.3 is 0 Å². The molecule has 1 saturated heterocycles. The molecule has 0 aromatic carbocycles. The molecule has 0 radical (unpaired) electrons. The first-order chi connectivity index (χ1) is 3.43. The van der Waals surface area contributed by atoms with E-state index in [0.29, 0.717) is 21.5 Å². The van der Waals surface area contributed by atoms with Crippen molar-refractivity contribution in [2.45, 2.75) is 6.92 Å². The fraction of sp³-hybridized carbons (Fsp3) is 1.00. The molecule has 1 heterocycles. The molecule has 4 heteroatoms. The topological polar surface area (TPSA) is 12.0 Å². The van der Waals surface area contributed by atoms with E-state index in [1.807, 2.05) is 0 Å². The molecule has 0 amide bonds. The molecule has 0 bridgehead atoms. The van der Waals surface area contributed by atoms with Gasteiger partial charge in [0.25, 0.3) is 0 Å². The summed E-state index contributed by atoms with van der Waals surface area (Å²) in [5.74, 6) is 0. The van der Waals surface area contributed by atoms with Crippen molar-refractivity contribution in [3.8, 4) is 0 Å². The number of hydrogen-bond acceptors (Lipinski definition) is 1. The molecule has 1 fully saturated rings. The Kier molecular flexibility index (Phi) is 4.19. The Morgan fingerprint density at radius 1 is 2.00 bits per heavy atom. The zero-order valence-electron chi connectivity index (χ0n) is 4.05. The summed E-state index contributed by atoms with van der Waals surface area (Å²) in [7, 11) is 0.